The number of amides is 4. The zero-order valence-electron chi connectivity index (χ0n) is 37.8. The van der Waals surface area contributed by atoms with Crippen LogP contribution in [0.3, 0.4) is 0 Å². The molecule has 5 heterocycles. The summed E-state index contributed by atoms with van der Waals surface area (Å²) in [6.07, 6.45) is 4.46. The number of imidazole rings is 2. The molecular formula is C44H56N14O7. The number of carbonyl (C=O) groups is 4. The van der Waals surface area contributed by atoms with Crippen LogP contribution >= 0.6 is 0 Å². The highest BCUT2D eigenvalue weighted by molar-refractivity contribution is 6.05. The number of hydrogen-bond donors (Lipinski definition) is 4. The second kappa shape index (κ2) is 20.2. The molecule has 7 rings (SSSR count). The molecule has 1 saturated heterocycles. The van der Waals surface area contributed by atoms with E-state index in [1.807, 2.05) is 39.8 Å². The summed E-state index contributed by atoms with van der Waals surface area (Å²) < 4.78 is 24.5. The highest BCUT2D eigenvalue weighted by Crippen LogP contribution is 2.33. The largest absolute Gasteiger partial charge is 0.494 e. The molecule has 1 aliphatic rings. The minimum atomic E-state index is -0.655. The number of hydrogen-bond acceptors (Lipinski definition) is 13. The molecule has 344 valence electrons. The number of hydrazine groups is 1. The van der Waals surface area contributed by atoms with Crippen molar-refractivity contribution in [2.75, 3.05) is 71.3 Å². The number of nitrogens with zero attached hydrogens (tertiary/aromatic N) is 10. The lowest BCUT2D eigenvalue weighted by atomic mass is 10.1. The average molecular weight is 893 g/mol. The minimum absolute atomic E-state index is 0.174. The molecule has 0 atom stereocenters. The first-order chi connectivity index (χ1) is 31.3. The quantitative estimate of drug-likeness (QED) is 0.0518. The molecule has 4 aromatic heterocycles. The van der Waals surface area contributed by atoms with Crippen LogP contribution in [0, 0.1) is 13.8 Å². The van der Waals surface area contributed by atoms with Crippen LogP contribution in [-0.2, 0) is 30.9 Å². The monoisotopic (exact) mass is 892 g/mol. The molecule has 0 saturated carbocycles. The van der Waals surface area contributed by atoms with E-state index < -0.39 is 17.7 Å². The van der Waals surface area contributed by atoms with Crippen LogP contribution in [0.25, 0.3) is 22.1 Å². The van der Waals surface area contributed by atoms with Crippen molar-refractivity contribution in [3.63, 3.8) is 0 Å². The lowest BCUT2D eigenvalue weighted by Crippen LogP contribution is -2.37. The van der Waals surface area contributed by atoms with Crippen molar-refractivity contribution >= 4 is 57.6 Å². The molecule has 0 radical (unpaired) electrons. The zero-order valence-corrected chi connectivity index (χ0v) is 37.8. The Kier molecular flexibility index (Phi) is 14.2. The number of aromatic nitrogens is 8. The standard InChI is InChI=1S/C44H56N14O7/c1-8-57-33(21-27(3)51-57)40(60)49-43-48-32-24-30(42(62)53(6)46-5)26-35(63-7)37(32)55(43)14-10-11-15-56-38-31(47-44(56)50-41(61)34-22-28(4)52-58(34)9-2)23-29(39(45)59)25-36(38)65-18-12-13-54-16-19-64-20-17-54/h10-11,21-26,46H,8-9,12-20H2,1-7H3,(H2,45,59)(H,47,50,61)(H,48,49,60)/b11-10+. The van der Waals surface area contributed by atoms with Gasteiger partial charge in [0, 0.05) is 71.0 Å². The number of carbonyl (C=O) groups excluding carboxylic acids is 4. The van der Waals surface area contributed by atoms with Gasteiger partial charge in [-0.2, -0.15) is 10.2 Å². The number of fused-ring (bicyclic) bond motifs is 2. The van der Waals surface area contributed by atoms with Gasteiger partial charge in [-0.15, -0.1) is 0 Å². The van der Waals surface area contributed by atoms with E-state index >= 15 is 0 Å². The molecule has 0 aliphatic carbocycles. The lowest BCUT2D eigenvalue weighted by Gasteiger charge is -2.26. The van der Waals surface area contributed by atoms with E-state index in [0.717, 1.165) is 19.6 Å². The van der Waals surface area contributed by atoms with E-state index in [4.69, 9.17) is 29.9 Å². The van der Waals surface area contributed by atoms with Gasteiger partial charge in [0.25, 0.3) is 17.7 Å². The van der Waals surface area contributed by atoms with Crippen LogP contribution in [0.1, 0.15) is 73.3 Å². The number of methoxy groups -OCH3 is 1. The van der Waals surface area contributed by atoms with Gasteiger partial charge in [-0.3, -0.25) is 49.1 Å². The Hall–Kier alpha value is -7.10. The Labute approximate surface area is 375 Å². The molecule has 1 aliphatic heterocycles. The smallest absolute Gasteiger partial charge is 0.276 e. The van der Waals surface area contributed by atoms with E-state index in [-0.39, 0.29) is 36.5 Å². The second-order valence-corrected chi connectivity index (χ2v) is 15.4. The summed E-state index contributed by atoms with van der Waals surface area (Å²) in [4.78, 5) is 65.4. The third kappa shape index (κ3) is 10.0. The lowest BCUT2D eigenvalue weighted by molar-refractivity contribution is 0.0358. The molecule has 0 bridgehead atoms. The van der Waals surface area contributed by atoms with Crippen LogP contribution in [0.4, 0.5) is 11.9 Å². The predicted octanol–water partition coefficient (Wildman–Crippen LogP) is 3.61. The third-order valence-corrected chi connectivity index (χ3v) is 11.0. The summed E-state index contributed by atoms with van der Waals surface area (Å²) >= 11 is 0. The Bertz CT molecular complexity index is 2760. The number of anilines is 2. The van der Waals surface area contributed by atoms with Gasteiger partial charge in [0.15, 0.2) is 0 Å². The van der Waals surface area contributed by atoms with E-state index in [2.05, 4.69) is 31.2 Å². The molecule has 0 unspecified atom stereocenters. The molecule has 1 fully saturated rings. The van der Waals surface area contributed by atoms with E-state index in [1.165, 1.54) is 12.1 Å². The van der Waals surface area contributed by atoms with Crippen molar-refractivity contribution in [2.45, 2.75) is 60.3 Å². The molecule has 4 amide bonds. The summed E-state index contributed by atoms with van der Waals surface area (Å²) in [6, 6.07) is 9.85. The number of nitrogens with two attached hydrogens (primary N) is 1. The fraction of sp³-hybridized carbons (Fsp3) is 0.409. The number of primary amides is 1. The topological polar surface area (TPSA) is 236 Å². The summed E-state index contributed by atoms with van der Waals surface area (Å²) in [6.45, 7) is 12.9. The third-order valence-electron chi connectivity index (χ3n) is 11.0. The van der Waals surface area contributed by atoms with Crippen molar-refractivity contribution in [1.82, 2.24) is 54.0 Å². The van der Waals surface area contributed by atoms with E-state index in [9.17, 15) is 19.2 Å². The summed E-state index contributed by atoms with van der Waals surface area (Å²) in [5.41, 5.74) is 13.1. The van der Waals surface area contributed by atoms with Gasteiger partial charge in [0.1, 0.15) is 33.9 Å². The molecule has 6 aromatic rings. The van der Waals surface area contributed by atoms with Crippen LogP contribution in [0.15, 0.2) is 48.6 Å². The van der Waals surface area contributed by atoms with Crippen molar-refractivity contribution < 1.29 is 33.4 Å². The number of ether oxygens (including phenoxy) is 3. The van der Waals surface area contributed by atoms with Crippen molar-refractivity contribution in [3.05, 3.63) is 82.5 Å². The maximum absolute atomic E-state index is 13.9. The molecule has 21 heteroatoms. The molecule has 21 nitrogen and oxygen atoms in total. The maximum Gasteiger partial charge on any atom is 0.276 e. The summed E-state index contributed by atoms with van der Waals surface area (Å²) in [5.74, 6) is -0.676. The van der Waals surface area contributed by atoms with Gasteiger partial charge in [-0.1, -0.05) is 12.2 Å². The maximum atomic E-state index is 13.9. The Morgan fingerprint density at radius 1 is 0.800 bits per heavy atom. The predicted molar refractivity (Wildman–Crippen MR) is 243 cm³/mol. The number of morpholine rings is 1. The molecule has 65 heavy (non-hydrogen) atoms. The van der Waals surface area contributed by atoms with E-state index in [0.29, 0.717) is 101 Å². The van der Waals surface area contributed by atoms with Crippen molar-refractivity contribution in [3.8, 4) is 11.5 Å². The Morgan fingerprint density at radius 2 is 1.32 bits per heavy atom. The van der Waals surface area contributed by atoms with Gasteiger partial charge in [-0.25, -0.2) is 15.4 Å². The van der Waals surface area contributed by atoms with Crippen LogP contribution in [-0.4, -0.2) is 133 Å². The minimum Gasteiger partial charge on any atom is -0.494 e. The van der Waals surface area contributed by atoms with Gasteiger partial charge < -0.3 is 29.1 Å². The van der Waals surface area contributed by atoms with Crippen LogP contribution < -0.4 is 31.3 Å². The Morgan fingerprint density at radius 3 is 1.83 bits per heavy atom. The molecular weight excluding hydrogens is 837 g/mol. The number of allylic oxidation sites excluding steroid dienone is 2. The SMILES string of the molecule is CCn1nc(C)cc1C(=O)Nc1nc2cc(C(=O)N(C)NC)cc(OC)c2n1C/C=C/Cn1c(NC(=O)c2cc(C)nn2CC)nc2cc(C(N)=O)cc(OCCCN3CCOCC3)c21. The first-order valence-electron chi connectivity index (χ1n) is 21.5. The van der Waals surface area contributed by atoms with Gasteiger partial charge >= 0.3 is 0 Å². The van der Waals surface area contributed by atoms with E-state index in [1.54, 1.807) is 69.0 Å². The number of aryl methyl sites for hydroxylation is 4. The summed E-state index contributed by atoms with van der Waals surface area (Å²) in [5, 5.41) is 16.1. The fourth-order valence-electron chi connectivity index (χ4n) is 7.76. The second-order valence-electron chi connectivity index (χ2n) is 15.4. The first-order valence-corrected chi connectivity index (χ1v) is 21.5. The van der Waals surface area contributed by atoms with Crippen LogP contribution in [0.5, 0.6) is 11.5 Å². The van der Waals surface area contributed by atoms with Gasteiger partial charge in [0.2, 0.25) is 17.8 Å². The summed E-state index contributed by atoms with van der Waals surface area (Å²) in [7, 11) is 4.74. The molecule has 5 N–H and O–H groups in total. The molecule has 0 spiro atoms. The first kappa shape index (κ1) is 45.9. The fourth-order valence-corrected chi connectivity index (χ4v) is 7.76. The number of benzene rings is 2. The Balaban J connectivity index is 1.26. The van der Waals surface area contributed by atoms with Gasteiger partial charge in [-0.05, 0) is 70.5 Å². The highest BCUT2D eigenvalue weighted by atomic mass is 16.5. The highest BCUT2D eigenvalue weighted by Gasteiger charge is 2.24. The van der Waals surface area contributed by atoms with Gasteiger partial charge in [0.05, 0.1) is 49.4 Å². The van der Waals surface area contributed by atoms with Crippen molar-refractivity contribution in [2.24, 2.45) is 5.73 Å². The zero-order chi connectivity index (χ0) is 46.4. The number of rotatable bonds is 19. The molecule has 2 aromatic carbocycles. The van der Waals surface area contributed by atoms with Crippen LogP contribution in [0.2, 0.25) is 0 Å². The normalized spacial score (nSPS) is 13.2. The number of nitrogens with one attached hydrogen (secondary N) is 3. The average Bonchev–Trinajstić information content (AvgIpc) is 4.07. The van der Waals surface area contributed by atoms with Crippen molar-refractivity contribution in [1.29, 1.82) is 0 Å².